The van der Waals surface area contributed by atoms with Gasteiger partial charge < -0.3 is 5.11 Å². The Balaban J connectivity index is 2.20. The second-order valence-corrected chi connectivity index (χ2v) is 9.66. The van der Waals surface area contributed by atoms with E-state index in [9.17, 15) is 13.5 Å². The quantitative estimate of drug-likeness (QED) is 0.884. The number of halogens is 2. The standard InChI is InChI=1S/C10H13BrClNO3S2/c1-6(2)10(14)4-13(5-10)18(15,16)8-3-7(12)9(11)17-8/h3,6,14H,4-5H2,1-2H3. The Bertz CT molecular complexity index is 544. The van der Waals surface area contributed by atoms with Gasteiger partial charge in [0.25, 0.3) is 10.0 Å². The highest BCUT2D eigenvalue weighted by atomic mass is 79.9. The number of sulfonamides is 1. The van der Waals surface area contributed by atoms with E-state index in [1.54, 1.807) is 0 Å². The summed E-state index contributed by atoms with van der Waals surface area (Å²) in [5.74, 6) is 0.0302. The highest BCUT2D eigenvalue weighted by Crippen LogP contribution is 2.39. The first kappa shape index (κ1) is 14.7. The fourth-order valence-electron chi connectivity index (χ4n) is 1.68. The topological polar surface area (TPSA) is 57.6 Å². The maximum Gasteiger partial charge on any atom is 0.252 e. The van der Waals surface area contributed by atoms with E-state index >= 15 is 0 Å². The van der Waals surface area contributed by atoms with Gasteiger partial charge in [-0.15, -0.1) is 11.3 Å². The van der Waals surface area contributed by atoms with Gasteiger partial charge in [0.2, 0.25) is 0 Å². The summed E-state index contributed by atoms with van der Waals surface area (Å²) >= 11 is 10.1. The van der Waals surface area contributed by atoms with Gasteiger partial charge in [-0.05, 0) is 27.9 Å². The first-order valence-electron chi connectivity index (χ1n) is 5.34. The molecule has 0 spiro atoms. The van der Waals surface area contributed by atoms with Crippen molar-refractivity contribution in [2.45, 2.75) is 23.7 Å². The van der Waals surface area contributed by atoms with E-state index in [1.165, 1.54) is 10.4 Å². The molecule has 1 aromatic rings. The summed E-state index contributed by atoms with van der Waals surface area (Å²) in [6.07, 6.45) is 0. The maximum atomic E-state index is 12.2. The highest BCUT2D eigenvalue weighted by Gasteiger charge is 2.49. The zero-order valence-corrected chi connectivity index (χ0v) is 13.8. The summed E-state index contributed by atoms with van der Waals surface area (Å²) in [6.45, 7) is 4.03. The molecular formula is C10H13BrClNO3S2. The fraction of sp³-hybridized carbons (Fsp3) is 0.600. The predicted octanol–water partition coefficient (Wildman–Crippen LogP) is 2.56. The summed E-state index contributed by atoms with van der Waals surface area (Å²) in [4.78, 5) is 0. The zero-order valence-electron chi connectivity index (χ0n) is 9.85. The van der Waals surface area contributed by atoms with Crippen molar-refractivity contribution in [2.24, 2.45) is 5.92 Å². The second-order valence-electron chi connectivity index (χ2n) is 4.72. The molecule has 0 amide bonds. The molecule has 1 aromatic heterocycles. The number of aliphatic hydroxyl groups is 1. The van der Waals surface area contributed by atoms with E-state index in [2.05, 4.69) is 15.9 Å². The van der Waals surface area contributed by atoms with Crippen molar-refractivity contribution in [3.8, 4) is 0 Å². The number of β-amino-alcohol motifs (C(OH)–C–C–N with tert-alkyl or cyclic N) is 1. The zero-order chi connectivity index (χ0) is 13.7. The third-order valence-electron chi connectivity index (χ3n) is 3.19. The Morgan fingerprint density at radius 1 is 1.56 bits per heavy atom. The Labute approximate surface area is 124 Å². The molecule has 4 nitrogen and oxygen atoms in total. The summed E-state index contributed by atoms with van der Waals surface area (Å²) in [5, 5.41) is 10.5. The van der Waals surface area contributed by atoms with Crippen molar-refractivity contribution in [3.05, 3.63) is 14.9 Å². The molecule has 0 aromatic carbocycles. The average Bonchev–Trinajstić information content (AvgIpc) is 2.54. The van der Waals surface area contributed by atoms with Crippen molar-refractivity contribution in [1.82, 2.24) is 4.31 Å². The fourth-order valence-corrected chi connectivity index (χ4v) is 5.80. The minimum Gasteiger partial charge on any atom is -0.387 e. The summed E-state index contributed by atoms with van der Waals surface area (Å²) in [5.41, 5.74) is -0.911. The van der Waals surface area contributed by atoms with Crippen LogP contribution in [0, 0.1) is 5.92 Å². The molecule has 18 heavy (non-hydrogen) atoms. The molecule has 2 heterocycles. The van der Waals surface area contributed by atoms with E-state index in [-0.39, 0.29) is 23.2 Å². The van der Waals surface area contributed by atoms with Crippen molar-refractivity contribution in [2.75, 3.05) is 13.1 Å². The second kappa shape index (κ2) is 4.71. The van der Waals surface area contributed by atoms with Gasteiger partial charge in [0.15, 0.2) is 0 Å². The molecular weight excluding hydrogens is 362 g/mol. The minimum absolute atomic E-state index is 0.0302. The van der Waals surface area contributed by atoms with Crippen molar-refractivity contribution in [1.29, 1.82) is 0 Å². The van der Waals surface area contributed by atoms with Crippen LogP contribution in [0.4, 0.5) is 0 Å². The summed E-state index contributed by atoms with van der Waals surface area (Å²) in [6, 6.07) is 1.43. The van der Waals surface area contributed by atoms with Gasteiger partial charge in [0.05, 0.1) is 14.4 Å². The summed E-state index contributed by atoms with van der Waals surface area (Å²) < 4.78 is 26.6. The molecule has 1 aliphatic rings. The molecule has 8 heteroatoms. The molecule has 1 N–H and O–H groups in total. The lowest BCUT2D eigenvalue weighted by Gasteiger charge is -2.47. The molecule has 0 unspecified atom stereocenters. The van der Waals surface area contributed by atoms with Crippen LogP contribution in [-0.2, 0) is 10.0 Å². The molecule has 0 atom stereocenters. The monoisotopic (exact) mass is 373 g/mol. The van der Waals surface area contributed by atoms with E-state index in [0.717, 1.165) is 11.3 Å². The Morgan fingerprint density at radius 2 is 2.11 bits per heavy atom. The molecule has 0 bridgehead atoms. The van der Waals surface area contributed by atoms with Gasteiger partial charge in [0.1, 0.15) is 4.21 Å². The van der Waals surface area contributed by atoms with Crippen molar-refractivity contribution >= 4 is 48.9 Å². The molecule has 0 radical (unpaired) electrons. The van der Waals surface area contributed by atoms with Crippen LogP contribution >= 0.6 is 38.9 Å². The van der Waals surface area contributed by atoms with Crippen molar-refractivity contribution < 1.29 is 13.5 Å². The van der Waals surface area contributed by atoms with Crippen LogP contribution in [0.2, 0.25) is 5.02 Å². The van der Waals surface area contributed by atoms with Gasteiger partial charge in [0, 0.05) is 13.1 Å². The Hall–Kier alpha value is 0.340. The number of thiophene rings is 1. The minimum atomic E-state index is -3.53. The van der Waals surface area contributed by atoms with Crippen LogP contribution in [0.3, 0.4) is 0 Å². The molecule has 1 saturated heterocycles. The van der Waals surface area contributed by atoms with Crippen LogP contribution in [0.1, 0.15) is 13.8 Å². The van der Waals surface area contributed by atoms with Gasteiger partial charge in [-0.3, -0.25) is 0 Å². The first-order valence-corrected chi connectivity index (χ1v) is 8.77. The van der Waals surface area contributed by atoms with E-state index in [1.807, 2.05) is 13.8 Å². The lowest BCUT2D eigenvalue weighted by molar-refractivity contribution is -0.0931. The van der Waals surface area contributed by atoms with Crippen LogP contribution in [0.25, 0.3) is 0 Å². The van der Waals surface area contributed by atoms with Gasteiger partial charge in [-0.25, -0.2) is 8.42 Å². The smallest absolute Gasteiger partial charge is 0.252 e. The number of rotatable bonds is 3. The number of hydrogen-bond donors (Lipinski definition) is 1. The van der Waals surface area contributed by atoms with Gasteiger partial charge >= 0.3 is 0 Å². The van der Waals surface area contributed by atoms with Gasteiger partial charge in [-0.2, -0.15) is 4.31 Å². The molecule has 1 fully saturated rings. The first-order chi connectivity index (χ1) is 8.17. The Morgan fingerprint density at radius 3 is 2.50 bits per heavy atom. The SMILES string of the molecule is CC(C)C1(O)CN(S(=O)(=O)c2cc(Cl)c(Br)s2)C1. The van der Waals surface area contributed by atoms with Crippen LogP contribution < -0.4 is 0 Å². The molecule has 0 saturated carbocycles. The molecule has 2 rings (SSSR count). The number of hydrogen-bond acceptors (Lipinski definition) is 4. The Kier molecular flexibility index (Phi) is 3.86. The highest BCUT2D eigenvalue weighted by molar-refractivity contribution is 9.11. The van der Waals surface area contributed by atoms with E-state index in [0.29, 0.717) is 8.81 Å². The molecule has 1 aliphatic heterocycles. The van der Waals surface area contributed by atoms with Crippen LogP contribution in [0.5, 0.6) is 0 Å². The van der Waals surface area contributed by atoms with Crippen molar-refractivity contribution in [3.63, 3.8) is 0 Å². The number of nitrogens with zero attached hydrogens (tertiary/aromatic N) is 1. The third-order valence-corrected chi connectivity index (χ3v) is 7.91. The predicted molar refractivity (Wildman–Crippen MR) is 75.6 cm³/mol. The van der Waals surface area contributed by atoms with Crippen LogP contribution in [0.15, 0.2) is 14.1 Å². The maximum absolute atomic E-state index is 12.2. The van der Waals surface area contributed by atoms with E-state index < -0.39 is 15.6 Å². The molecule has 0 aliphatic carbocycles. The normalized spacial score (nSPS) is 20.1. The van der Waals surface area contributed by atoms with Gasteiger partial charge in [-0.1, -0.05) is 25.4 Å². The third kappa shape index (κ3) is 2.36. The van der Waals surface area contributed by atoms with E-state index in [4.69, 9.17) is 11.6 Å². The lowest BCUT2D eigenvalue weighted by Crippen LogP contribution is -2.65. The summed E-state index contributed by atoms with van der Waals surface area (Å²) in [7, 11) is -3.53. The lowest BCUT2D eigenvalue weighted by atomic mass is 9.85. The largest absolute Gasteiger partial charge is 0.387 e. The van der Waals surface area contributed by atoms with Crippen LogP contribution in [-0.4, -0.2) is 36.5 Å². The average molecular weight is 375 g/mol. The molecule has 102 valence electrons.